The quantitative estimate of drug-likeness (QED) is 0.359. The minimum Gasteiger partial charge on any atom is -0.315 e. The van der Waals surface area contributed by atoms with E-state index in [1.54, 1.807) is 17.0 Å². The molecule has 156 valence electrons. The van der Waals surface area contributed by atoms with E-state index in [-0.39, 0.29) is 17.7 Å². The molecular formula is C28H27NO2. The second-order valence-corrected chi connectivity index (χ2v) is 7.98. The highest BCUT2D eigenvalue weighted by Gasteiger charge is 2.42. The van der Waals surface area contributed by atoms with Crippen LogP contribution in [-0.4, -0.2) is 22.6 Å². The molecule has 0 radical (unpaired) electrons. The summed E-state index contributed by atoms with van der Waals surface area (Å²) in [5, 5.41) is 0. The third-order valence-electron chi connectivity index (χ3n) is 5.86. The summed E-state index contributed by atoms with van der Waals surface area (Å²) in [6, 6.07) is 27.9. The second kappa shape index (κ2) is 9.57. The van der Waals surface area contributed by atoms with E-state index in [0.29, 0.717) is 12.0 Å². The van der Waals surface area contributed by atoms with Crippen LogP contribution in [0.25, 0.3) is 11.1 Å². The number of hydrogen-bond acceptors (Lipinski definition) is 2. The van der Waals surface area contributed by atoms with Crippen LogP contribution in [0.2, 0.25) is 0 Å². The number of nitrogens with zero attached hydrogens (tertiary/aromatic N) is 1. The number of carbonyl (C=O) groups is 2. The van der Waals surface area contributed by atoms with E-state index in [9.17, 15) is 9.59 Å². The predicted molar refractivity (Wildman–Crippen MR) is 125 cm³/mol. The average molecular weight is 410 g/mol. The molecule has 31 heavy (non-hydrogen) atoms. The van der Waals surface area contributed by atoms with Crippen molar-refractivity contribution in [3.05, 3.63) is 108 Å². The van der Waals surface area contributed by atoms with E-state index < -0.39 is 5.92 Å². The van der Waals surface area contributed by atoms with Crippen molar-refractivity contribution in [3.63, 3.8) is 0 Å². The molecule has 1 aliphatic rings. The summed E-state index contributed by atoms with van der Waals surface area (Å²) in [5.41, 5.74) is 4.13. The Morgan fingerprint density at radius 1 is 0.903 bits per heavy atom. The molecule has 0 aromatic heterocycles. The molecule has 0 bridgehead atoms. The van der Waals surface area contributed by atoms with Crippen LogP contribution in [-0.2, 0) is 11.2 Å². The highest BCUT2D eigenvalue weighted by atomic mass is 16.2. The summed E-state index contributed by atoms with van der Waals surface area (Å²) in [7, 11) is 0. The van der Waals surface area contributed by atoms with Crippen LogP contribution in [0.5, 0.6) is 0 Å². The van der Waals surface area contributed by atoms with Crippen molar-refractivity contribution in [2.75, 3.05) is 0 Å². The molecule has 3 aromatic carbocycles. The molecule has 0 saturated carbocycles. The third-order valence-corrected chi connectivity index (χ3v) is 5.86. The van der Waals surface area contributed by atoms with E-state index in [1.165, 1.54) is 16.7 Å². The van der Waals surface area contributed by atoms with Crippen molar-refractivity contribution in [1.29, 1.82) is 0 Å². The molecular weight excluding hydrogens is 382 g/mol. The molecule has 0 N–H and O–H groups in total. The van der Waals surface area contributed by atoms with Crippen LogP contribution in [0.15, 0.2) is 97.2 Å². The minimum atomic E-state index is -0.613. The van der Waals surface area contributed by atoms with Crippen LogP contribution >= 0.6 is 0 Å². The zero-order valence-corrected chi connectivity index (χ0v) is 17.8. The van der Waals surface area contributed by atoms with Gasteiger partial charge in [-0.1, -0.05) is 97.9 Å². The zero-order valence-electron chi connectivity index (χ0n) is 17.8. The monoisotopic (exact) mass is 409 g/mol. The molecule has 1 heterocycles. The lowest BCUT2D eigenvalue weighted by Crippen LogP contribution is -2.31. The van der Waals surface area contributed by atoms with Gasteiger partial charge < -0.3 is 4.90 Å². The van der Waals surface area contributed by atoms with Gasteiger partial charge in [0.05, 0.1) is 0 Å². The molecule has 0 spiro atoms. The number of carbonyl (C=O) groups excluding carboxylic acids is 2. The number of likely N-dealkylation sites (tertiary alicyclic amines) is 1. The molecule has 3 aromatic rings. The van der Waals surface area contributed by atoms with Gasteiger partial charge in [0.1, 0.15) is 5.92 Å². The minimum absolute atomic E-state index is 0.0180. The summed E-state index contributed by atoms with van der Waals surface area (Å²) < 4.78 is 0. The topological polar surface area (TPSA) is 37.4 Å². The fourth-order valence-corrected chi connectivity index (χ4v) is 4.20. The third kappa shape index (κ3) is 4.66. The van der Waals surface area contributed by atoms with Gasteiger partial charge in [-0.3, -0.25) is 9.59 Å². The first kappa shape index (κ1) is 20.8. The van der Waals surface area contributed by atoms with Crippen LogP contribution in [0.4, 0.5) is 0 Å². The van der Waals surface area contributed by atoms with Gasteiger partial charge in [-0.15, -0.1) is 0 Å². The van der Waals surface area contributed by atoms with Gasteiger partial charge in [-0.2, -0.15) is 0 Å². The average Bonchev–Trinajstić information content (AvgIpc) is 3.13. The maximum Gasteiger partial charge on any atom is 0.237 e. The predicted octanol–water partition coefficient (Wildman–Crippen LogP) is 5.92. The smallest absolute Gasteiger partial charge is 0.237 e. The van der Waals surface area contributed by atoms with Crippen molar-refractivity contribution in [3.8, 4) is 11.1 Å². The number of amides is 1. The van der Waals surface area contributed by atoms with Crippen molar-refractivity contribution in [2.24, 2.45) is 5.92 Å². The van der Waals surface area contributed by atoms with E-state index >= 15 is 0 Å². The number of ketones is 1. The molecule has 0 aliphatic carbocycles. The maximum absolute atomic E-state index is 13.1. The molecule has 1 fully saturated rings. The van der Waals surface area contributed by atoms with Crippen LogP contribution < -0.4 is 0 Å². The Balaban J connectivity index is 1.53. The Kier molecular flexibility index (Phi) is 6.42. The van der Waals surface area contributed by atoms with Crippen molar-refractivity contribution in [1.82, 2.24) is 4.90 Å². The molecule has 3 nitrogen and oxygen atoms in total. The number of benzene rings is 3. The summed E-state index contributed by atoms with van der Waals surface area (Å²) >= 11 is 0. The van der Waals surface area contributed by atoms with Crippen molar-refractivity contribution in [2.45, 2.75) is 32.2 Å². The summed E-state index contributed by atoms with van der Waals surface area (Å²) in [5.74, 6) is -0.788. The van der Waals surface area contributed by atoms with Crippen LogP contribution in [0, 0.1) is 5.92 Å². The van der Waals surface area contributed by atoms with Gasteiger partial charge in [-0.05, 0) is 36.0 Å². The Morgan fingerprint density at radius 2 is 1.52 bits per heavy atom. The van der Waals surface area contributed by atoms with Gasteiger partial charge in [0, 0.05) is 17.8 Å². The molecule has 4 rings (SSSR count). The summed E-state index contributed by atoms with van der Waals surface area (Å²) in [6.07, 6.45) is 5.97. The first-order valence-corrected chi connectivity index (χ1v) is 10.9. The van der Waals surface area contributed by atoms with Gasteiger partial charge in [0.2, 0.25) is 5.91 Å². The number of hydrogen-bond donors (Lipinski definition) is 0. The fraction of sp³-hybridized carbons (Fsp3) is 0.214. The van der Waals surface area contributed by atoms with E-state index in [4.69, 9.17) is 0 Å². The van der Waals surface area contributed by atoms with Gasteiger partial charge in [-0.25, -0.2) is 0 Å². The maximum atomic E-state index is 13.1. The van der Waals surface area contributed by atoms with Crippen LogP contribution in [0.1, 0.15) is 35.7 Å². The first-order chi connectivity index (χ1) is 15.2. The van der Waals surface area contributed by atoms with Crippen molar-refractivity contribution < 1.29 is 9.59 Å². The SMILES string of the molecule is CC/C=C/N1C(=O)C(C(=O)c2ccccc2)CC1Cc1ccc(-c2ccccc2)cc1. The van der Waals surface area contributed by atoms with E-state index in [2.05, 4.69) is 36.4 Å². The largest absolute Gasteiger partial charge is 0.315 e. The van der Waals surface area contributed by atoms with Gasteiger partial charge in [0.25, 0.3) is 0 Å². The molecule has 3 heteroatoms. The Labute approximate surface area is 184 Å². The lowest BCUT2D eigenvalue weighted by molar-refractivity contribution is -0.128. The van der Waals surface area contributed by atoms with Crippen molar-refractivity contribution >= 4 is 11.7 Å². The molecule has 2 unspecified atom stereocenters. The Morgan fingerprint density at radius 3 is 2.16 bits per heavy atom. The van der Waals surface area contributed by atoms with E-state index in [0.717, 1.165) is 12.8 Å². The Hall–Kier alpha value is -3.46. The summed E-state index contributed by atoms with van der Waals surface area (Å²) in [4.78, 5) is 27.9. The lowest BCUT2D eigenvalue weighted by Gasteiger charge is -2.21. The first-order valence-electron chi connectivity index (χ1n) is 10.9. The number of allylic oxidation sites excluding steroid dienone is 1. The molecule has 1 amide bonds. The number of Topliss-reactive ketones (excluding diaryl/α,β-unsaturated/α-hetero) is 1. The Bertz CT molecular complexity index is 1060. The van der Waals surface area contributed by atoms with Crippen LogP contribution in [0.3, 0.4) is 0 Å². The zero-order chi connectivity index (χ0) is 21.6. The summed E-state index contributed by atoms with van der Waals surface area (Å²) in [6.45, 7) is 2.04. The fourth-order valence-electron chi connectivity index (χ4n) is 4.20. The second-order valence-electron chi connectivity index (χ2n) is 7.98. The lowest BCUT2D eigenvalue weighted by atomic mass is 9.92. The molecule has 2 atom stereocenters. The number of rotatable bonds is 7. The molecule has 1 aliphatic heterocycles. The standard InChI is InChI=1S/C28H27NO2/c1-2-3-18-29-25(20-26(28(29)31)27(30)24-12-8-5-9-13-24)19-21-14-16-23(17-15-21)22-10-6-4-7-11-22/h3-18,25-26H,2,19-20H2,1H3/b18-3+. The van der Waals surface area contributed by atoms with Gasteiger partial charge in [0.15, 0.2) is 5.78 Å². The highest BCUT2D eigenvalue weighted by molar-refractivity contribution is 6.11. The van der Waals surface area contributed by atoms with Gasteiger partial charge >= 0.3 is 0 Å². The highest BCUT2D eigenvalue weighted by Crippen LogP contribution is 2.31. The van der Waals surface area contributed by atoms with E-state index in [1.807, 2.05) is 55.6 Å². The normalized spacial score (nSPS) is 18.6. The molecule has 1 saturated heterocycles.